The summed E-state index contributed by atoms with van der Waals surface area (Å²) in [6.07, 6.45) is 4.32. The summed E-state index contributed by atoms with van der Waals surface area (Å²) in [7, 11) is 0. The van der Waals surface area contributed by atoms with E-state index in [1.807, 2.05) is 24.3 Å². The molecule has 5 nitrogen and oxygen atoms in total. The summed E-state index contributed by atoms with van der Waals surface area (Å²) in [6, 6.07) is 7.88. The molecule has 1 aliphatic carbocycles. The highest BCUT2D eigenvalue weighted by Gasteiger charge is 2.20. The van der Waals surface area contributed by atoms with Gasteiger partial charge in [0.25, 0.3) is 0 Å². The van der Waals surface area contributed by atoms with Crippen molar-refractivity contribution in [2.75, 3.05) is 13.1 Å². The molecule has 0 saturated heterocycles. The topological polar surface area (TPSA) is 65.9 Å². The predicted octanol–water partition coefficient (Wildman–Crippen LogP) is 3.97. The Morgan fingerprint density at radius 2 is 1.96 bits per heavy atom. The SMILES string of the molecule is CCNC(=NCC(CC)Oc1ccccc1Cl)NC1CCC(O)CC1.I. The average molecular weight is 496 g/mol. The van der Waals surface area contributed by atoms with Gasteiger partial charge in [0.05, 0.1) is 17.7 Å². The lowest BCUT2D eigenvalue weighted by Gasteiger charge is -2.28. The predicted molar refractivity (Wildman–Crippen MR) is 119 cm³/mol. The maximum Gasteiger partial charge on any atom is 0.191 e. The summed E-state index contributed by atoms with van der Waals surface area (Å²) in [6.45, 7) is 5.51. The quantitative estimate of drug-likeness (QED) is 0.304. The van der Waals surface area contributed by atoms with Crippen LogP contribution in [-0.4, -0.2) is 42.4 Å². The molecule has 1 saturated carbocycles. The second-order valence-electron chi connectivity index (χ2n) is 6.45. The van der Waals surface area contributed by atoms with Crippen LogP contribution in [0.5, 0.6) is 5.75 Å². The van der Waals surface area contributed by atoms with Crippen LogP contribution in [-0.2, 0) is 0 Å². The normalized spacial score (nSPS) is 21.5. The second kappa shape index (κ2) is 12.6. The molecule has 1 atom stereocenters. The van der Waals surface area contributed by atoms with Gasteiger partial charge < -0.3 is 20.5 Å². The highest BCUT2D eigenvalue weighted by Crippen LogP contribution is 2.25. The standard InChI is InChI=1S/C19H30ClN3O2.HI/c1-3-16(25-18-8-6-5-7-17(18)20)13-22-19(21-4-2)23-14-9-11-15(24)12-10-14;/h5-8,14-16,24H,3-4,9-13H2,1-2H3,(H2,21,22,23);1H. The Hall–Kier alpha value is -0.730. The third-order valence-corrected chi connectivity index (χ3v) is 4.73. The molecule has 0 aromatic heterocycles. The van der Waals surface area contributed by atoms with Crippen LogP contribution in [0, 0.1) is 0 Å². The molecule has 0 amide bonds. The zero-order valence-electron chi connectivity index (χ0n) is 15.6. The maximum absolute atomic E-state index is 9.63. The van der Waals surface area contributed by atoms with Gasteiger partial charge in [-0.25, -0.2) is 4.99 Å². The summed E-state index contributed by atoms with van der Waals surface area (Å²) >= 11 is 6.17. The minimum absolute atomic E-state index is 0. The van der Waals surface area contributed by atoms with Gasteiger partial charge in [-0.1, -0.05) is 30.7 Å². The molecule has 1 unspecified atom stereocenters. The number of hydrogen-bond donors (Lipinski definition) is 3. The number of hydrogen-bond acceptors (Lipinski definition) is 3. The number of halogens is 2. The van der Waals surface area contributed by atoms with Crippen LogP contribution in [0.3, 0.4) is 0 Å². The molecule has 1 aromatic rings. The zero-order chi connectivity index (χ0) is 18.1. The van der Waals surface area contributed by atoms with E-state index in [0.717, 1.165) is 44.6 Å². The van der Waals surface area contributed by atoms with Crippen LogP contribution in [0.1, 0.15) is 46.0 Å². The van der Waals surface area contributed by atoms with Crippen molar-refractivity contribution in [3.8, 4) is 5.75 Å². The Morgan fingerprint density at radius 1 is 1.27 bits per heavy atom. The average Bonchev–Trinajstić information content (AvgIpc) is 2.62. The fourth-order valence-corrected chi connectivity index (χ4v) is 3.08. The molecule has 0 spiro atoms. The molecular formula is C19H31ClIN3O2. The van der Waals surface area contributed by atoms with E-state index in [-0.39, 0.29) is 36.2 Å². The fourth-order valence-electron chi connectivity index (χ4n) is 2.90. The number of aliphatic hydroxyl groups excluding tert-OH is 1. The van der Waals surface area contributed by atoms with Crippen molar-refractivity contribution < 1.29 is 9.84 Å². The van der Waals surface area contributed by atoms with Gasteiger partial charge in [0, 0.05) is 12.6 Å². The van der Waals surface area contributed by atoms with Crippen LogP contribution in [0.4, 0.5) is 0 Å². The Morgan fingerprint density at radius 3 is 2.58 bits per heavy atom. The monoisotopic (exact) mass is 495 g/mol. The van der Waals surface area contributed by atoms with Gasteiger partial charge >= 0.3 is 0 Å². The highest BCUT2D eigenvalue weighted by atomic mass is 127. The first-order valence-electron chi connectivity index (χ1n) is 9.26. The largest absolute Gasteiger partial charge is 0.487 e. The number of benzene rings is 1. The Kier molecular flexibility index (Phi) is 11.3. The third kappa shape index (κ3) is 7.88. The van der Waals surface area contributed by atoms with Crippen LogP contribution in [0.15, 0.2) is 29.3 Å². The molecule has 2 rings (SSSR count). The number of nitrogens with one attached hydrogen (secondary N) is 2. The molecule has 148 valence electrons. The molecule has 1 fully saturated rings. The maximum atomic E-state index is 9.63. The summed E-state index contributed by atoms with van der Waals surface area (Å²) in [5.41, 5.74) is 0. The first-order chi connectivity index (χ1) is 12.1. The molecule has 0 radical (unpaired) electrons. The van der Waals surface area contributed by atoms with E-state index in [0.29, 0.717) is 23.4 Å². The van der Waals surface area contributed by atoms with E-state index in [9.17, 15) is 5.11 Å². The molecule has 0 aliphatic heterocycles. The molecule has 3 N–H and O–H groups in total. The first-order valence-corrected chi connectivity index (χ1v) is 9.64. The molecule has 0 bridgehead atoms. The van der Waals surface area contributed by atoms with E-state index < -0.39 is 0 Å². The van der Waals surface area contributed by atoms with Gasteiger partial charge in [-0.2, -0.15) is 0 Å². The Labute approximate surface area is 179 Å². The lowest BCUT2D eigenvalue weighted by atomic mass is 9.93. The number of aliphatic imine (C=N–C) groups is 1. The molecule has 26 heavy (non-hydrogen) atoms. The van der Waals surface area contributed by atoms with Crippen molar-refractivity contribution in [2.45, 2.75) is 64.2 Å². The van der Waals surface area contributed by atoms with E-state index in [4.69, 9.17) is 16.3 Å². The van der Waals surface area contributed by atoms with Gasteiger partial charge in [-0.15, -0.1) is 24.0 Å². The fraction of sp³-hybridized carbons (Fsp3) is 0.632. The Bertz CT molecular complexity index is 551. The van der Waals surface area contributed by atoms with E-state index >= 15 is 0 Å². The van der Waals surface area contributed by atoms with Gasteiger partial charge in [0.2, 0.25) is 0 Å². The lowest BCUT2D eigenvalue weighted by Crippen LogP contribution is -2.45. The third-order valence-electron chi connectivity index (χ3n) is 4.42. The van der Waals surface area contributed by atoms with E-state index in [2.05, 4.69) is 29.5 Å². The molecule has 1 aromatic carbocycles. The number of aliphatic hydroxyl groups is 1. The number of guanidine groups is 1. The van der Waals surface area contributed by atoms with Crippen LogP contribution >= 0.6 is 35.6 Å². The van der Waals surface area contributed by atoms with Gasteiger partial charge in [-0.05, 0) is 51.2 Å². The van der Waals surface area contributed by atoms with Crippen LogP contribution in [0.25, 0.3) is 0 Å². The number of ether oxygens (including phenoxy) is 1. The molecule has 0 heterocycles. The summed E-state index contributed by atoms with van der Waals surface area (Å²) in [5.74, 6) is 1.51. The molecular weight excluding hydrogens is 465 g/mol. The number of rotatable bonds is 7. The van der Waals surface area contributed by atoms with Gasteiger partial charge in [-0.3, -0.25) is 0 Å². The Balaban J connectivity index is 0.00000338. The second-order valence-corrected chi connectivity index (χ2v) is 6.86. The van der Waals surface area contributed by atoms with Crippen molar-refractivity contribution in [3.63, 3.8) is 0 Å². The summed E-state index contributed by atoms with van der Waals surface area (Å²) in [5, 5.41) is 17.0. The van der Waals surface area contributed by atoms with E-state index in [1.165, 1.54) is 0 Å². The van der Waals surface area contributed by atoms with Crippen molar-refractivity contribution in [2.24, 2.45) is 4.99 Å². The molecule has 1 aliphatic rings. The van der Waals surface area contributed by atoms with Crippen molar-refractivity contribution in [3.05, 3.63) is 29.3 Å². The van der Waals surface area contributed by atoms with Crippen molar-refractivity contribution in [1.29, 1.82) is 0 Å². The first kappa shape index (κ1) is 23.3. The minimum atomic E-state index is -0.147. The van der Waals surface area contributed by atoms with Gasteiger partial charge in [0.1, 0.15) is 11.9 Å². The van der Waals surface area contributed by atoms with Crippen LogP contribution < -0.4 is 15.4 Å². The van der Waals surface area contributed by atoms with Crippen LogP contribution in [0.2, 0.25) is 5.02 Å². The summed E-state index contributed by atoms with van der Waals surface area (Å²) in [4.78, 5) is 4.69. The lowest BCUT2D eigenvalue weighted by molar-refractivity contribution is 0.120. The van der Waals surface area contributed by atoms with Gasteiger partial charge in [0.15, 0.2) is 5.96 Å². The van der Waals surface area contributed by atoms with E-state index in [1.54, 1.807) is 0 Å². The summed E-state index contributed by atoms with van der Waals surface area (Å²) < 4.78 is 6.00. The van der Waals surface area contributed by atoms with Crippen molar-refractivity contribution >= 4 is 41.5 Å². The number of para-hydroxylation sites is 1. The zero-order valence-corrected chi connectivity index (χ0v) is 18.7. The minimum Gasteiger partial charge on any atom is -0.487 e. The number of nitrogens with zero attached hydrogens (tertiary/aromatic N) is 1. The molecule has 7 heteroatoms. The highest BCUT2D eigenvalue weighted by molar-refractivity contribution is 14.0. The smallest absolute Gasteiger partial charge is 0.191 e. The van der Waals surface area contributed by atoms with Crippen molar-refractivity contribution in [1.82, 2.24) is 10.6 Å².